The van der Waals surface area contributed by atoms with E-state index in [0.717, 1.165) is 0 Å². The van der Waals surface area contributed by atoms with E-state index < -0.39 is 0 Å². The van der Waals surface area contributed by atoms with Crippen molar-refractivity contribution in [1.29, 1.82) is 0 Å². The largest absolute Gasteiger partial charge is 0.256 e. The third kappa shape index (κ3) is 4.25. The van der Waals surface area contributed by atoms with Gasteiger partial charge in [-0.15, -0.1) is 11.6 Å². The van der Waals surface area contributed by atoms with Crippen LogP contribution in [-0.4, -0.2) is 11.9 Å². The van der Waals surface area contributed by atoms with E-state index in [4.69, 9.17) is 17.3 Å². The Morgan fingerprint density at radius 2 is 2.20 bits per heavy atom. The van der Waals surface area contributed by atoms with Crippen molar-refractivity contribution < 1.29 is 0 Å². The highest BCUT2D eigenvalue weighted by atomic mass is 35.5. The molecule has 0 fully saturated rings. The topological polar surface area (TPSA) is 23.8 Å². The summed E-state index contributed by atoms with van der Waals surface area (Å²) in [6.07, 6.45) is 0. The number of hydrogen-bond acceptors (Lipinski definition) is 0. The summed E-state index contributed by atoms with van der Waals surface area (Å²) < 4.78 is 0. The molecule has 2 heteroatoms. The highest BCUT2D eigenvalue weighted by Crippen LogP contribution is 1.85. The molecule has 0 rings (SSSR count). The van der Waals surface area contributed by atoms with Crippen molar-refractivity contribution in [3.05, 3.63) is 0 Å². The molecule has 0 heterocycles. The molecule has 1 N–H and O–H groups in total. The number of halogens is 1. The van der Waals surface area contributed by atoms with Crippen LogP contribution in [0.15, 0.2) is 0 Å². The van der Waals surface area contributed by atoms with Crippen molar-refractivity contribution in [1.82, 2.24) is 5.73 Å². The molecule has 5 heavy (non-hydrogen) atoms. The Morgan fingerprint density at radius 3 is 2.20 bits per heavy atom. The van der Waals surface area contributed by atoms with Crippen LogP contribution in [0.1, 0.15) is 6.92 Å². The first-order chi connectivity index (χ1) is 2.27. The lowest BCUT2D eigenvalue weighted by molar-refractivity contribution is 0.916. The molecular weight excluding hydrogens is 85.5 g/mol. The SMILES string of the molecule is CC(Cl)C[NH]. The molecule has 0 bridgehead atoms. The Morgan fingerprint density at radius 1 is 2.00 bits per heavy atom. The molecule has 0 aromatic heterocycles. The normalized spacial score (nSPS) is 15.0. The van der Waals surface area contributed by atoms with E-state index in [1.54, 1.807) is 6.92 Å². The van der Waals surface area contributed by atoms with E-state index in [-0.39, 0.29) is 5.38 Å². The molecule has 0 amide bonds. The Kier molecular flexibility index (Phi) is 2.61. The van der Waals surface area contributed by atoms with Crippen LogP contribution < -0.4 is 5.73 Å². The standard InChI is InChI=1S/C3H7ClN/c1-3(4)2-5/h3,5H,2H2,1H3. The fourth-order valence-electron chi connectivity index (χ4n) is 0. The van der Waals surface area contributed by atoms with Gasteiger partial charge in [0.1, 0.15) is 0 Å². The van der Waals surface area contributed by atoms with Crippen LogP contribution in [0.3, 0.4) is 0 Å². The quantitative estimate of drug-likeness (QED) is 0.429. The molecule has 0 aliphatic rings. The Hall–Kier alpha value is 0.250. The zero-order valence-electron chi connectivity index (χ0n) is 3.16. The molecule has 31 valence electrons. The average Bonchev–Trinajstić information content (AvgIpc) is 1.38. The smallest absolute Gasteiger partial charge is 0.0446 e. The number of rotatable bonds is 1. The van der Waals surface area contributed by atoms with E-state index in [1.807, 2.05) is 0 Å². The second-order valence-corrected chi connectivity index (χ2v) is 1.73. The molecule has 0 aliphatic heterocycles. The van der Waals surface area contributed by atoms with Gasteiger partial charge in [-0.2, -0.15) is 0 Å². The van der Waals surface area contributed by atoms with Crippen LogP contribution in [0.5, 0.6) is 0 Å². The summed E-state index contributed by atoms with van der Waals surface area (Å²) in [6, 6.07) is 0. The van der Waals surface area contributed by atoms with Gasteiger partial charge >= 0.3 is 0 Å². The van der Waals surface area contributed by atoms with E-state index in [0.29, 0.717) is 6.54 Å². The molecule has 0 saturated heterocycles. The minimum atomic E-state index is 0.0231. The lowest BCUT2D eigenvalue weighted by Gasteiger charge is -1.86. The van der Waals surface area contributed by atoms with Gasteiger partial charge in [-0.1, -0.05) is 0 Å². The highest BCUT2D eigenvalue weighted by Gasteiger charge is 1.84. The van der Waals surface area contributed by atoms with Crippen LogP contribution >= 0.6 is 11.6 Å². The molecule has 0 aromatic carbocycles. The van der Waals surface area contributed by atoms with Gasteiger partial charge in [-0.3, -0.25) is 5.73 Å². The van der Waals surface area contributed by atoms with Gasteiger partial charge in [0, 0.05) is 11.9 Å². The molecule has 1 atom stereocenters. The van der Waals surface area contributed by atoms with Crippen LogP contribution in [-0.2, 0) is 0 Å². The van der Waals surface area contributed by atoms with Crippen LogP contribution in [0.4, 0.5) is 0 Å². The Labute approximate surface area is 37.1 Å². The third-order valence-corrected chi connectivity index (χ3v) is 0.436. The molecule has 0 aliphatic carbocycles. The monoisotopic (exact) mass is 92.0 g/mol. The second-order valence-electron chi connectivity index (χ2n) is 0.985. The first-order valence-electron chi connectivity index (χ1n) is 1.56. The lowest BCUT2D eigenvalue weighted by atomic mass is 10.5. The minimum absolute atomic E-state index is 0.0231. The van der Waals surface area contributed by atoms with Crippen LogP contribution in [0.25, 0.3) is 0 Å². The maximum atomic E-state index is 6.53. The fraction of sp³-hybridized carbons (Fsp3) is 1.00. The Bertz CT molecular complexity index is 20.9. The van der Waals surface area contributed by atoms with Gasteiger partial charge in [0.15, 0.2) is 0 Å². The first kappa shape index (κ1) is 5.25. The minimum Gasteiger partial charge on any atom is -0.256 e. The van der Waals surface area contributed by atoms with Gasteiger partial charge in [0.25, 0.3) is 0 Å². The van der Waals surface area contributed by atoms with Gasteiger partial charge in [0.05, 0.1) is 0 Å². The number of nitrogens with one attached hydrogen (secondary N) is 1. The molecule has 0 aromatic rings. The van der Waals surface area contributed by atoms with E-state index in [1.165, 1.54) is 0 Å². The molecule has 1 radical (unpaired) electrons. The lowest BCUT2D eigenvalue weighted by Crippen LogP contribution is -1.97. The predicted octanol–water partition coefficient (Wildman–Crippen LogP) is 0.897. The van der Waals surface area contributed by atoms with Gasteiger partial charge in [-0.05, 0) is 6.92 Å². The van der Waals surface area contributed by atoms with Crippen molar-refractivity contribution in [3.63, 3.8) is 0 Å². The molecule has 0 saturated carbocycles. The summed E-state index contributed by atoms with van der Waals surface area (Å²) in [4.78, 5) is 0. The van der Waals surface area contributed by atoms with Gasteiger partial charge in [0.2, 0.25) is 0 Å². The van der Waals surface area contributed by atoms with Crippen molar-refractivity contribution in [2.75, 3.05) is 6.54 Å². The first-order valence-corrected chi connectivity index (χ1v) is 1.99. The van der Waals surface area contributed by atoms with Crippen molar-refractivity contribution in [2.45, 2.75) is 12.3 Å². The second kappa shape index (κ2) is 2.49. The third-order valence-electron chi connectivity index (χ3n) is 0.281. The maximum absolute atomic E-state index is 6.53. The van der Waals surface area contributed by atoms with Gasteiger partial charge < -0.3 is 0 Å². The van der Waals surface area contributed by atoms with Crippen molar-refractivity contribution >= 4 is 11.6 Å². The summed E-state index contributed by atoms with van der Waals surface area (Å²) in [7, 11) is 0. The van der Waals surface area contributed by atoms with E-state index in [2.05, 4.69) is 0 Å². The molecule has 1 nitrogen and oxygen atoms in total. The van der Waals surface area contributed by atoms with Crippen molar-refractivity contribution in [3.8, 4) is 0 Å². The number of alkyl halides is 1. The van der Waals surface area contributed by atoms with Crippen LogP contribution in [0.2, 0.25) is 0 Å². The Balaban J connectivity index is 2.54. The maximum Gasteiger partial charge on any atom is 0.0446 e. The zero-order chi connectivity index (χ0) is 4.28. The summed E-state index contributed by atoms with van der Waals surface area (Å²) in [5, 5.41) is 0.0231. The fourth-order valence-corrected chi connectivity index (χ4v) is 0. The van der Waals surface area contributed by atoms with E-state index in [9.17, 15) is 0 Å². The zero-order valence-corrected chi connectivity index (χ0v) is 3.92. The summed E-state index contributed by atoms with van der Waals surface area (Å²) in [5.41, 5.74) is 6.53. The molecule has 1 unspecified atom stereocenters. The average molecular weight is 92.5 g/mol. The van der Waals surface area contributed by atoms with Crippen LogP contribution in [0, 0.1) is 0 Å². The molecule has 0 spiro atoms. The summed E-state index contributed by atoms with van der Waals surface area (Å²) >= 11 is 5.27. The van der Waals surface area contributed by atoms with Gasteiger partial charge in [-0.25, -0.2) is 0 Å². The number of hydrogen-bond donors (Lipinski definition) is 0. The summed E-state index contributed by atoms with van der Waals surface area (Å²) in [6.45, 7) is 2.12. The highest BCUT2D eigenvalue weighted by molar-refractivity contribution is 6.20. The molecular formula is C3H7ClN. The predicted molar refractivity (Wildman–Crippen MR) is 23.3 cm³/mol. The van der Waals surface area contributed by atoms with E-state index >= 15 is 0 Å². The summed E-state index contributed by atoms with van der Waals surface area (Å²) in [5.74, 6) is 0. The van der Waals surface area contributed by atoms with Crippen molar-refractivity contribution in [2.24, 2.45) is 0 Å².